The smallest absolute Gasteiger partial charge is 0.201 e. The molecule has 5 aromatic carbocycles. The van der Waals surface area contributed by atoms with Crippen LogP contribution in [0.1, 0.15) is 242 Å². The highest BCUT2D eigenvalue weighted by molar-refractivity contribution is 5.69. The Bertz CT molecular complexity index is 4340. The normalized spacial score (nSPS) is 11.3. The first kappa shape index (κ1) is 80.8. The summed E-state index contributed by atoms with van der Waals surface area (Å²) in [6.07, 6.45) is 14.2. The molecule has 5 heterocycles. The van der Waals surface area contributed by atoms with Crippen molar-refractivity contribution in [3.63, 3.8) is 0 Å². The Hall–Kier alpha value is -8.15. The summed E-state index contributed by atoms with van der Waals surface area (Å²) in [7, 11) is 10.7. The second kappa shape index (κ2) is 37.0. The van der Waals surface area contributed by atoms with Gasteiger partial charge in [-0.25, -0.2) is 22.8 Å². The minimum absolute atomic E-state index is 0.529. The number of pyridine rings is 5. The zero-order valence-electron chi connectivity index (χ0n) is 67.7. The molecule has 100 heavy (non-hydrogen) atoms. The standard InChI is InChI=1S/C21H30N.C20H28N.C19H26N.C18H24N.C17H22N/c1-14(2)10-18-8-9-19(16(5)11-18)21-12-20(15(3)4)17(6)13-22(21)7;1-14(2)12-17-9-10-19(16(5)13-17)20-18(15(3)4)8-7-11-21(20)6;1-13(2)16-9-10-18(15(5)12-16)19-17(14(3)4)8-7-11-20(19)6;1-6-15-9-10-17(14(4)12-15)18-16(13(2)3)8-7-11-19(18)5;1-12(2)15-7-6-10-18(5)17(15)16-9-8-13(3)11-14(16)4/h8-9,11-15H,10H2,1-7H3;7-11,13-15H,12H2,1-6H3;7-14H,1-6H3;7-13H,6H2,1-5H3;6-12H,1-5H3/q5*+1. The van der Waals surface area contributed by atoms with Gasteiger partial charge >= 0.3 is 0 Å². The number of aryl methyl sites for hydroxylation is 13. The molecule has 5 heteroatoms. The van der Waals surface area contributed by atoms with E-state index in [1.807, 2.05) is 0 Å². The van der Waals surface area contributed by atoms with Gasteiger partial charge < -0.3 is 0 Å². The summed E-state index contributed by atoms with van der Waals surface area (Å²) in [5, 5.41) is 0. The van der Waals surface area contributed by atoms with E-state index in [4.69, 9.17) is 0 Å². The van der Waals surface area contributed by atoms with Crippen molar-refractivity contribution < 1.29 is 22.8 Å². The van der Waals surface area contributed by atoms with E-state index in [-0.39, 0.29) is 0 Å². The van der Waals surface area contributed by atoms with Gasteiger partial charge in [-0.3, -0.25) is 0 Å². The SMILES string of the molecule is CCc1ccc(-c2c(C(C)C)ccc[n+]2C)c(C)c1.Cc1cc(C(C)C)ccc1-c1c(C(C)C)ccc[n+]1C.Cc1cc(CC(C)C)ccc1-c1c(C(C)C)ccc[n+]1C.Cc1cc(CC(C)C)ccc1-c1cc(C(C)C)c(C)c[n+]1C.Cc1ccc(-c2c(C(C)C)ccc[n+]2C)c(C)c1. The number of rotatable bonds is 16. The lowest BCUT2D eigenvalue weighted by Crippen LogP contribution is -2.32. The van der Waals surface area contributed by atoms with Gasteiger partial charge in [0.2, 0.25) is 28.5 Å². The fourth-order valence-corrected chi connectivity index (χ4v) is 14.3. The maximum atomic E-state index is 2.37. The van der Waals surface area contributed by atoms with Crippen molar-refractivity contribution in [1.82, 2.24) is 0 Å². The van der Waals surface area contributed by atoms with E-state index in [1.165, 1.54) is 145 Å². The Morgan fingerprint density at radius 1 is 0.280 bits per heavy atom. The number of aromatic nitrogens is 5. The topological polar surface area (TPSA) is 19.4 Å². The maximum absolute atomic E-state index is 2.37. The van der Waals surface area contributed by atoms with Crippen LogP contribution in [0, 0.1) is 60.3 Å². The molecule has 0 fully saturated rings. The average molecular weight is 1340 g/mol. The minimum Gasteiger partial charge on any atom is -0.201 e. The molecule has 0 aliphatic rings. The van der Waals surface area contributed by atoms with Crippen LogP contribution in [0.15, 0.2) is 177 Å². The van der Waals surface area contributed by atoms with Crippen LogP contribution in [0.5, 0.6) is 0 Å². The fraction of sp³-hybridized carbons (Fsp3) is 0.421. The van der Waals surface area contributed by atoms with Crippen molar-refractivity contribution in [3.05, 3.63) is 266 Å². The summed E-state index contributed by atoms with van der Waals surface area (Å²) in [5.74, 6) is 4.67. The first-order valence-corrected chi connectivity index (χ1v) is 37.6. The molecule has 0 aliphatic carbocycles. The molecule has 5 aromatic heterocycles. The molecular weight excluding hydrogens is 1210 g/mol. The summed E-state index contributed by atoms with van der Waals surface area (Å²) < 4.78 is 11.2. The van der Waals surface area contributed by atoms with Crippen LogP contribution in [0.3, 0.4) is 0 Å². The summed E-state index contributed by atoms with van der Waals surface area (Å²) >= 11 is 0. The lowest BCUT2D eigenvalue weighted by atomic mass is 9.92. The third-order valence-corrected chi connectivity index (χ3v) is 19.6. The van der Waals surface area contributed by atoms with Gasteiger partial charge in [-0.1, -0.05) is 184 Å². The van der Waals surface area contributed by atoms with Crippen LogP contribution in [0.4, 0.5) is 0 Å². The van der Waals surface area contributed by atoms with Crippen molar-refractivity contribution in [2.45, 2.75) is 221 Å². The Morgan fingerprint density at radius 2 is 0.590 bits per heavy atom. The van der Waals surface area contributed by atoms with E-state index in [0.717, 1.165) is 19.3 Å². The van der Waals surface area contributed by atoms with Crippen LogP contribution < -0.4 is 22.8 Å². The van der Waals surface area contributed by atoms with Crippen LogP contribution in [-0.4, -0.2) is 0 Å². The Labute approximate surface area is 609 Å². The largest absolute Gasteiger partial charge is 0.215 e. The summed E-state index contributed by atoms with van der Waals surface area (Å²) in [4.78, 5) is 0. The van der Waals surface area contributed by atoms with Gasteiger partial charge in [0.25, 0.3) is 0 Å². The molecule has 10 rings (SSSR count). The van der Waals surface area contributed by atoms with E-state index in [2.05, 4.69) is 401 Å². The minimum atomic E-state index is 0.529. The van der Waals surface area contributed by atoms with Crippen molar-refractivity contribution in [2.24, 2.45) is 47.1 Å². The monoisotopic (exact) mass is 1340 g/mol. The molecule has 0 N–H and O–H groups in total. The van der Waals surface area contributed by atoms with E-state index in [9.17, 15) is 0 Å². The molecule has 0 bridgehead atoms. The van der Waals surface area contributed by atoms with Gasteiger partial charge in [-0.15, -0.1) is 0 Å². The zero-order valence-corrected chi connectivity index (χ0v) is 67.7. The van der Waals surface area contributed by atoms with Gasteiger partial charge in [-0.05, 0) is 225 Å². The van der Waals surface area contributed by atoms with E-state index >= 15 is 0 Å². The molecule has 0 saturated carbocycles. The molecule has 0 atom stereocenters. The van der Waals surface area contributed by atoms with Crippen molar-refractivity contribution in [1.29, 1.82) is 0 Å². The van der Waals surface area contributed by atoms with E-state index in [0.29, 0.717) is 47.3 Å². The first-order chi connectivity index (χ1) is 47.1. The number of benzene rings is 5. The number of hydrogen-bond donors (Lipinski definition) is 0. The maximum Gasteiger partial charge on any atom is 0.215 e. The van der Waals surface area contributed by atoms with Crippen LogP contribution >= 0.6 is 0 Å². The van der Waals surface area contributed by atoms with Crippen molar-refractivity contribution in [3.8, 4) is 56.3 Å². The van der Waals surface area contributed by atoms with Crippen LogP contribution in [0.2, 0.25) is 0 Å². The number of hydrogen-bond acceptors (Lipinski definition) is 0. The molecular formula is C95H130N5+5. The zero-order chi connectivity index (χ0) is 74.1. The quantitative estimate of drug-likeness (QED) is 0.0859. The third-order valence-electron chi connectivity index (χ3n) is 19.6. The first-order valence-electron chi connectivity index (χ1n) is 37.6. The van der Waals surface area contributed by atoms with Crippen LogP contribution in [0.25, 0.3) is 56.3 Å². The molecule has 0 radical (unpaired) electrons. The lowest BCUT2D eigenvalue weighted by Gasteiger charge is -2.14. The highest BCUT2D eigenvalue weighted by Crippen LogP contribution is 2.35. The van der Waals surface area contributed by atoms with Crippen molar-refractivity contribution in [2.75, 3.05) is 0 Å². The fourth-order valence-electron chi connectivity index (χ4n) is 14.3. The summed E-state index contributed by atoms with van der Waals surface area (Å²) in [6, 6.07) is 54.2. The molecule has 0 unspecified atom stereocenters. The predicted octanol–water partition coefficient (Wildman–Crippen LogP) is 22.7. The van der Waals surface area contributed by atoms with Gasteiger partial charge in [0.05, 0.1) is 0 Å². The summed E-state index contributed by atoms with van der Waals surface area (Å²) in [5.41, 5.74) is 35.7. The van der Waals surface area contributed by atoms with Gasteiger partial charge in [0.1, 0.15) is 35.2 Å². The van der Waals surface area contributed by atoms with E-state index < -0.39 is 0 Å². The predicted molar refractivity (Wildman–Crippen MR) is 429 cm³/mol. The van der Waals surface area contributed by atoms with E-state index in [1.54, 1.807) is 0 Å². The molecule has 0 aliphatic heterocycles. The number of nitrogens with zero attached hydrogens (tertiary/aromatic N) is 5. The molecule has 10 aromatic rings. The Morgan fingerprint density at radius 3 is 0.900 bits per heavy atom. The van der Waals surface area contributed by atoms with Gasteiger partial charge in [0, 0.05) is 86.0 Å². The highest BCUT2D eigenvalue weighted by Gasteiger charge is 2.25. The second-order valence-corrected chi connectivity index (χ2v) is 31.4. The second-order valence-electron chi connectivity index (χ2n) is 31.4. The average Bonchev–Trinajstić information content (AvgIpc) is 0.827. The molecule has 0 saturated heterocycles. The lowest BCUT2D eigenvalue weighted by molar-refractivity contribution is -0.660. The van der Waals surface area contributed by atoms with Crippen molar-refractivity contribution >= 4 is 0 Å². The van der Waals surface area contributed by atoms with Gasteiger partial charge in [-0.2, -0.15) is 0 Å². The van der Waals surface area contributed by atoms with Gasteiger partial charge in [0.15, 0.2) is 31.0 Å². The summed E-state index contributed by atoms with van der Waals surface area (Å²) in [6.45, 7) is 53.9. The molecule has 0 amide bonds. The molecule has 530 valence electrons. The Balaban J connectivity index is 0.000000197. The highest BCUT2D eigenvalue weighted by atomic mass is 14.9. The molecule has 5 nitrogen and oxygen atoms in total. The third kappa shape index (κ3) is 21.2. The molecule has 0 spiro atoms. The Kier molecular flexibility index (Phi) is 29.9. The van der Waals surface area contributed by atoms with Crippen LogP contribution in [-0.2, 0) is 54.5 Å².